The van der Waals surface area contributed by atoms with Crippen LogP contribution in [0.5, 0.6) is 0 Å². The number of hydrogen-bond donors (Lipinski definition) is 0. The monoisotopic (exact) mass is 313 g/mol. The zero-order valence-electron chi connectivity index (χ0n) is 10.1. The van der Waals surface area contributed by atoms with E-state index in [1.54, 1.807) is 0 Å². The summed E-state index contributed by atoms with van der Waals surface area (Å²) in [5.74, 6) is 2.25. The van der Waals surface area contributed by atoms with Gasteiger partial charge in [0.25, 0.3) is 5.91 Å². The third-order valence-electron chi connectivity index (χ3n) is 3.06. The first kappa shape index (κ1) is 13.0. The molecule has 2 nitrogen and oxygen atoms in total. The molecule has 0 N–H and O–H groups in total. The molecule has 1 saturated heterocycles. The normalized spacial score (nSPS) is 20.4. The summed E-state index contributed by atoms with van der Waals surface area (Å²) < 4.78 is 0.963. The Labute approximate surface area is 115 Å². The van der Waals surface area contributed by atoms with E-state index in [4.69, 9.17) is 0 Å². The van der Waals surface area contributed by atoms with E-state index in [1.165, 1.54) is 0 Å². The number of amides is 1. The Bertz CT molecular complexity index is 435. The van der Waals surface area contributed by atoms with E-state index >= 15 is 0 Å². The molecule has 92 valence electrons. The maximum atomic E-state index is 12.5. The number of thioether (sulfide) groups is 1. The van der Waals surface area contributed by atoms with E-state index in [2.05, 4.69) is 22.9 Å². The lowest BCUT2D eigenvalue weighted by Crippen LogP contribution is -2.44. The van der Waals surface area contributed by atoms with Crippen LogP contribution in [0.2, 0.25) is 0 Å². The Morgan fingerprint density at radius 2 is 2.29 bits per heavy atom. The van der Waals surface area contributed by atoms with E-state index < -0.39 is 0 Å². The molecule has 17 heavy (non-hydrogen) atoms. The lowest BCUT2D eigenvalue weighted by molar-refractivity contribution is 0.0715. The number of nitrogens with zero attached hydrogens (tertiary/aromatic N) is 1. The van der Waals surface area contributed by atoms with E-state index in [1.807, 2.05) is 41.8 Å². The molecule has 0 saturated carbocycles. The van der Waals surface area contributed by atoms with E-state index in [-0.39, 0.29) is 5.91 Å². The highest BCUT2D eigenvalue weighted by molar-refractivity contribution is 9.10. The van der Waals surface area contributed by atoms with Gasteiger partial charge in [0.2, 0.25) is 0 Å². The van der Waals surface area contributed by atoms with Gasteiger partial charge in [-0.1, -0.05) is 22.0 Å². The average Bonchev–Trinajstić information content (AvgIpc) is 2.32. The summed E-state index contributed by atoms with van der Waals surface area (Å²) in [4.78, 5) is 14.5. The molecule has 1 aliphatic rings. The molecule has 0 bridgehead atoms. The van der Waals surface area contributed by atoms with Crippen molar-refractivity contribution in [3.63, 3.8) is 0 Å². The van der Waals surface area contributed by atoms with Crippen molar-refractivity contribution in [2.45, 2.75) is 19.9 Å². The van der Waals surface area contributed by atoms with Gasteiger partial charge in [0, 0.05) is 34.1 Å². The van der Waals surface area contributed by atoms with Crippen LogP contribution in [-0.2, 0) is 0 Å². The highest BCUT2D eigenvalue weighted by Gasteiger charge is 2.25. The second kappa shape index (κ2) is 5.44. The average molecular weight is 314 g/mol. The number of hydrogen-bond acceptors (Lipinski definition) is 2. The fraction of sp³-hybridized carbons (Fsp3) is 0.462. The Kier molecular flexibility index (Phi) is 4.15. The Hall–Kier alpha value is -0.480. The number of benzene rings is 1. The molecule has 1 amide bonds. The van der Waals surface area contributed by atoms with Crippen molar-refractivity contribution < 1.29 is 4.79 Å². The van der Waals surface area contributed by atoms with Crippen LogP contribution in [0.1, 0.15) is 22.8 Å². The molecule has 1 aromatic rings. The molecule has 0 aliphatic carbocycles. The SMILES string of the molecule is Cc1ccc(Br)cc1C(=O)N1CCSCC1C. The fourth-order valence-corrected chi connectivity index (χ4v) is 3.38. The zero-order valence-corrected chi connectivity index (χ0v) is 12.5. The Morgan fingerprint density at radius 1 is 1.53 bits per heavy atom. The number of halogens is 1. The third kappa shape index (κ3) is 2.86. The largest absolute Gasteiger partial charge is 0.334 e. The van der Waals surface area contributed by atoms with Crippen LogP contribution >= 0.6 is 27.7 Å². The minimum atomic E-state index is 0.164. The Balaban J connectivity index is 2.26. The highest BCUT2D eigenvalue weighted by Crippen LogP contribution is 2.22. The molecule has 1 unspecified atom stereocenters. The van der Waals surface area contributed by atoms with Crippen LogP contribution in [0.3, 0.4) is 0 Å². The van der Waals surface area contributed by atoms with E-state index in [0.717, 1.165) is 33.7 Å². The van der Waals surface area contributed by atoms with E-state index in [0.29, 0.717) is 6.04 Å². The Morgan fingerprint density at radius 3 is 3.00 bits per heavy atom. The van der Waals surface area contributed by atoms with E-state index in [9.17, 15) is 4.79 Å². The number of aryl methyl sites for hydroxylation is 1. The van der Waals surface area contributed by atoms with Gasteiger partial charge in [-0.25, -0.2) is 0 Å². The first-order chi connectivity index (χ1) is 8.09. The summed E-state index contributed by atoms with van der Waals surface area (Å²) in [6.07, 6.45) is 0. The molecule has 2 rings (SSSR count). The molecule has 1 aromatic carbocycles. The summed E-state index contributed by atoms with van der Waals surface area (Å²) in [5.41, 5.74) is 1.86. The lowest BCUT2D eigenvalue weighted by atomic mass is 10.1. The van der Waals surface area contributed by atoms with Crippen LogP contribution in [0.15, 0.2) is 22.7 Å². The standard InChI is InChI=1S/C13H16BrNOS/c1-9-3-4-11(14)7-12(9)13(16)15-5-6-17-8-10(15)2/h3-4,7,10H,5-6,8H2,1-2H3. The van der Waals surface area contributed by atoms with Gasteiger partial charge in [0.05, 0.1) is 0 Å². The minimum Gasteiger partial charge on any atom is -0.334 e. The number of carbonyl (C=O) groups is 1. The van der Waals surface area contributed by atoms with Crippen LogP contribution in [-0.4, -0.2) is 34.9 Å². The van der Waals surface area contributed by atoms with Crippen molar-refractivity contribution in [3.8, 4) is 0 Å². The molecule has 0 radical (unpaired) electrons. The second-order valence-corrected chi connectivity index (χ2v) is 6.45. The minimum absolute atomic E-state index is 0.164. The topological polar surface area (TPSA) is 20.3 Å². The molecule has 0 spiro atoms. The molecule has 1 aliphatic heterocycles. The maximum Gasteiger partial charge on any atom is 0.254 e. The first-order valence-electron chi connectivity index (χ1n) is 5.74. The molecular formula is C13H16BrNOS. The third-order valence-corrected chi connectivity index (χ3v) is 4.74. The van der Waals surface area contributed by atoms with Crippen molar-refractivity contribution in [3.05, 3.63) is 33.8 Å². The van der Waals surface area contributed by atoms with Crippen molar-refractivity contribution in [2.24, 2.45) is 0 Å². The summed E-state index contributed by atoms with van der Waals surface area (Å²) in [6.45, 7) is 4.97. The summed E-state index contributed by atoms with van der Waals surface area (Å²) in [6, 6.07) is 6.22. The van der Waals surface area contributed by atoms with Crippen molar-refractivity contribution in [1.82, 2.24) is 4.90 Å². The molecule has 4 heteroatoms. The van der Waals surface area contributed by atoms with Crippen molar-refractivity contribution in [2.75, 3.05) is 18.1 Å². The summed E-state index contributed by atoms with van der Waals surface area (Å²) in [5, 5.41) is 0. The van der Waals surface area contributed by atoms with Gasteiger partial charge >= 0.3 is 0 Å². The quantitative estimate of drug-likeness (QED) is 0.792. The van der Waals surface area contributed by atoms with Gasteiger partial charge in [-0.15, -0.1) is 0 Å². The zero-order chi connectivity index (χ0) is 12.4. The first-order valence-corrected chi connectivity index (χ1v) is 7.69. The molecule has 1 atom stereocenters. The molecular weight excluding hydrogens is 298 g/mol. The van der Waals surface area contributed by atoms with Crippen molar-refractivity contribution in [1.29, 1.82) is 0 Å². The van der Waals surface area contributed by atoms with Gasteiger partial charge in [-0.3, -0.25) is 4.79 Å². The predicted octanol–water partition coefficient (Wildman–Crippen LogP) is 3.34. The molecule has 1 fully saturated rings. The number of rotatable bonds is 1. The second-order valence-electron chi connectivity index (χ2n) is 4.38. The molecule has 0 aromatic heterocycles. The lowest BCUT2D eigenvalue weighted by Gasteiger charge is -2.33. The van der Waals surface area contributed by atoms with Gasteiger partial charge in [0.1, 0.15) is 0 Å². The maximum absolute atomic E-state index is 12.5. The predicted molar refractivity (Wildman–Crippen MR) is 76.7 cm³/mol. The van der Waals surface area contributed by atoms with Gasteiger partial charge in [-0.05, 0) is 31.5 Å². The van der Waals surface area contributed by atoms with Crippen LogP contribution in [0, 0.1) is 6.92 Å². The highest BCUT2D eigenvalue weighted by atomic mass is 79.9. The van der Waals surface area contributed by atoms with Crippen LogP contribution < -0.4 is 0 Å². The van der Waals surface area contributed by atoms with Gasteiger partial charge < -0.3 is 4.90 Å². The number of carbonyl (C=O) groups excluding carboxylic acids is 1. The van der Waals surface area contributed by atoms with Crippen molar-refractivity contribution >= 4 is 33.6 Å². The molecule has 1 heterocycles. The summed E-state index contributed by atoms with van der Waals surface area (Å²) in [7, 11) is 0. The summed E-state index contributed by atoms with van der Waals surface area (Å²) >= 11 is 5.35. The van der Waals surface area contributed by atoms with Gasteiger partial charge in [0.15, 0.2) is 0 Å². The fourth-order valence-electron chi connectivity index (χ4n) is 2.01. The smallest absolute Gasteiger partial charge is 0.254 e. The van der Waals surface area contributed by atoms with Gasteiger partial charge in [-0.2, -0.15) is 11.8 Å². The van der Waals surface area contributed by atoms with Crippen LogP contribution in [0.25, 0.3) is 0 Å². The van der Waals surface area contributed by atoms with Crippen LogP contribution in [0.4, 0.5) is 0 Å².